The molecular weight excluding hydrogens is 170 g/mol. The van der Waals surface area contributed by atoms with Gasteiger partial charge >= 0.3 is 6.09 Å². The number of rotatable bonds is 5. The zero-order chi connectivity index (χ0) is 9.61. The van der Waals surface area contributed by atoms with Crippen LogP contribution < -0.4 is 5.73 Å². The summed E-state index contributed by atoms with van der Waals surface area (Å²) in [7, 11) is -0.906. The molecule has 0 aromatic heterocycles. The third kappa shape index (κ3) is 9.49. The molecule has 12 heavy (non-hydrogen) atoms. The summed E-state index contributed by atoms with van der Waals surface area (Å²) in [5.74, 6) is 0. The number of hydrogen-bond donors (Lipinski definition) is 1. The molecule has 0 aliphatic carbocycles. The van der Waals surface area contributed by atoms with Crippen molar-refractivity contribution in [3.8, 4) is 0 Å². The van der Waals surface area contributed by atoms with Crippen molar-refractivity contribution in [2.45, 2.75) is 38.5 Å². The number of amides is 1. The molecule has 0 aromatic carbocycles. The van der Waals surface area contributed by atoms with E-state index in [2.05, 4.69) is 24.4 Å². The van der Waals surface area contributed by atoms with E-state index in [1.807, 2.05) is 0 Å². The Bertz CT molecular complexity index is 142. The second kappa shape index (κ2) is 5.19. The summed E-state index contributed by atoms with van der Waals surface area (Å²) in [5, 5.41) is 0. The van der Waals surface area contributed by atoms with Crippen molar-refractivity contribution in [1.82, 2.24) is 0 Å². The molecule has 4 heteroatoms. The number of nitrogens with two attached hydrogens (primary N) is 1. The monoisotopic (exact) mass is 189 g/mol. The molecule has 0 aliphatic heterocycles. The number of carbonyl (C=O) groups is 1. The van der Waals surface area contributed by atoms with Gasteiger partial charge in [-0.3, -0.25) is 0 Å². The number of unbranched alkanes of at least 4 members (excludes halogenated alkanes) is 1. The molecule has 1 amide bonds. The Balaban J connectivity index is 3.17. The summed E-state index contributed by atoms with van der Waals surface area (Å²) in [6, 6.07) is 1.29. The van der Waals surface area contributed by atoms with Gasteiger partial charge in [0.25, 0.3) is 0 Å². The molecule has 0 spiro atoms. The maximum atomic E-state index is 10.2. The Hall–Kier alpha value is -0.513. The predicted octanol–water partition coefficient (Wildman–Crippen LogP) is 2.20. The van der Waals surface area contributed by atoms with E-state index < -0.39 is 14.2 Å². The van der Waals surface area contributed by atoms with Gasteiger partial charge in [-0.15, -0.1) is 0 Å². The molecule has 0 heterocycles. The van der Waals surface area contributed by atoms with E-state index in [0.29, 0.717) is 6.61 Å². The van der Waals surface area contributed by atoms with Gasteiger partial charge in [-0.25, -0.2) is 4.79 Å². The largest absolute Gasteiger partial charge is 0.450 e. The minimum absolute atomic E-state index is 0.472. The Morgan fingerprint density at radius 1 is 1.33 bits per heavy atom. The first kappa shape index (κ1) is 11.5. The third-order valence-corrected chi connectivity index (χ3v) is 3.42. The van der Waals surface area contributed by atoms with Crippen LogP contribution >= 0.6 is 0 Å². The van der Waals surface area contributed by atoms with Crippen LogP contribution in [0.5, 0.6) is 0 Å². The lowest BCUT2D eigenvalue weighted by atomic mass is 10.4. The lowest BCUT2D eigenvalue weighted by molar-refractivity contribution is 0.155. The molecule has 72 valence electrons. The van der Waals surface area contributed by atoms with Crippen LogP contribution in [0, 0.1) is 0 Å². The highest BCUT2D eigenvalue weighted by atomic mass is 28.3. The molecule has 0 aliphatic rings. The number of primary amides is 1. The van der Waals surface area contributed by atoms with Gasteiger partial charge in [0.05, 0.1) is 6.61 Å². The van der Waals surface area contributed by atoms with Crippen LogP contribution in [0.4, 0.5) is 4.79 Å². The van der Waals surface area contributed by atoms with E-state index >= 15 is 0 Å². The van der Waals surface area contributed by atoms with Crippen molar-refractivity contribution in [3.63, 3.8) is 0 Å². The summed E-state index contributed by atoms with van der Waals surface area (Å²) in [6.07, 6.45) is 1.42. The van der Waals surface area contributed by atoms with Crippen LogP contribution in [0.25, 0.3) is 0 Å². The maximum Gasteiger partial charge on any atom is 0.404 e. The molecule has 0 atom stereocenters. The first-order valence-corrected chi connectivity index (χ1v) is 8.05. The van der Waals surface area contributed by atoms with E-state index in [9.17, 15) is 4.79 Å². The first-order valence-electron chi connectivity index (χ1n) is 4.34. The van der Waals surface area contributed by atoms with Crippen LogP contribution in [0.1, 0.15) is 12.8 Å². The van der Waals surface area contributed by atoms with Gasteiger partial charge in [-0.2, -0.15) is 0 Å². The molecule has 3 nitrogen and oxygen atoms in total. The highest BCUT2D eigenvalue weighted by Crippen LogP contribution is 2.12. The van der Waals surface area contributed by atoms with Crippen LogP contribution in [0.3, 0.4) is 0 Å². The van der Waals surface area contributed by atoms with Gasteiger partial charge in [0, 0.05) is 8.07 Å². The van der Waals surface area contributed by atoms with E-state index in [0.717, 1.165) is 12.8 Å². The molecule has 0 unspecified atom stereocenters. The topological polar surface area (TPSA) is 52.3 Å². The molecule has 0 bridgehead atoms. The van der Waals surface area contributed by atoms with E-state index in [1.54, 1.807) is 0 Å². The van der Waals surface area contributed by atoms with E-state index in [1.165, 1.54) is 6.04 Å². The zero-order valence-electron chi connectivity index (χ0n) is 8.22. The third-order valence-electron chi connectivity index (χ3n) is 1.57. The molecular formula is C8H19NO2Si. The molecule has 0 saturated carbocycles. The van der Waals surface area contributed by atoms with Gasteiger partial charge in [0.15, 0.2) is 0 Å². The summed E-state index contributed by atoms with van der Waals surface area (Å²) in [4.78, 5) is 10.2. The number of ether oxygens (including phenoxy) is 1. The minimum Gasteiger partial charge on any atom is -0.450 e. The second-order valence-corrected chi connectivity index (χ2v) is 9.81. The van der Waals surface area contributed by atoms with Crippen LogP contribution in [0.2, 0.25) is 25.7 Å². The average Bonchev–Trinajstić information content (AvgIpc) is 1.83. The smallest absolute Gasteiger partial charge is 0.404 e. The lowest BCUT2D eigenvalue weighted by Gasteiger charge is -2.14. The van der Waals surface area contributed by atoms with Crippen LogP contribution in [-0.2, 0) is 4.74 Å². The van der Waals surface area contributed by atoms with Gasteiger partial charge in [0.2, 0.25) is 0 Å². The minimum atomic E-state index is -0.906. The van der Waals surface area contributed by atoms with Gasteiger partial charge in [0.1, 0.15) is 0 Å². The van der Waals surface area contributed by atoms with Crippen molar-refractivity contribution in [3.05, 3.63) is 0 Å². The zero-order valence-corrected chi connectivity index (χ0v) is 9.22. The second-order valence-electron chi connectivity index (χ2n) is 4.19. The highest BCUT2D eigenvalue weighted by molar-refractivity contribution is 6.76. The summed E-state index contributed by atoms with van der Waals surface area (Å²) in [6.45, 7) is 7.48. The van der Waals surface area contributed by atoms with Gasteiger partial charge in [-0.05, 0) is 6.42 Å². The fraction of sp³-hybridized carbons (Fsp3) is 0.875. The average molecular weight is 189 g/mol. The van der Waals surface area contributed by atoms with Crippen molar-refractivity contribution in [1.29, 1.82) is 0 Å². The maximum absolute atomic E-state index is 10.2. The molecule has 0 saturated heterocycles. The number of carbonyl (C=O) groups excluding carboxylic acids is 1. The normalized spacial score (nSPS) is 11.2. The Kier molecular flexibility index (Phi) is 4.97. The van der Waals surface area contributed by atoms with Gasteiger partial charge < -0.3 is 10.5 Å². The van der Waals surface area contributed by atoms with Crippen LogP contribution in [-0.4, -0.2) is 20.8 Å². The number of hydrogen-bond acceptors (Lipinski definition) is 2. The molecule has 0 rings (SSSR count). The van der Waals surface area contributed by atoms with E-state index in [-0.39, 0.29) is 0 Å². The molecule has 0 aromatic rings. The summed E-state index contributed by atoms with van der Waals surface area (Å²) in [5.41, 5.74) is 4.81. The fourth-order valence-electron chi connectivity index (χ4n) is 0.930. The quantitative estimate of drug-likeness (QED) is 0.532. The molecule has 0 radical (unpaired) electrons. The Labute approximate surface area is 75.3 Å². The summed E-state index contributed by atoms with van der Waals surface area (Å²) >= 11 is 0. The standard InChI is InChI=1S/C8H19NO2Si/c1-12(2,3)7-5-4-6-11-8(9)10/h4-7H2,1-3H3,(H2,9,10). The molecule has 2 N–H and O–H groups in total. The molecule has 0 fully saturated rings. The van der Waals surface area contributed by atoms with E-state index in [4.69, 9.17) is 5.73 Å². The van der Waals surface area contributed by atoms with Crippen molar-refractivity contribution < 1.29 is 9.53 Å². The van der Waals surface area contributed by atoms with Crippen molar-refractivity contribution in [2.24, 2.45) is 5.73 Å². The van der Waals surface area contributed by atoms with Crippen molar-refractivity contribution >= 4 is 14.2 Å². The highest BCUT2D eigenvalue weighted by Gasteiger charge is 2.11. The van der Waals surface area contributed by atoms with Crippen molar-refractivity contribution in [2.75, 3.05) is 6.61 Å². The van der Waals surface area contributed by atoms with Gasteiger partial charge in [-0.1, -0.05) is 32.1 Å². The Morgan fingerprint density at radius 3 is 2.33 bits per heavy atom. The first-order chi connectivity index (χ1) is 5.42. The predicted molar refractivity (Wildman–Crippen MR) is 52.9 cm³/mol. The van der Waals surface area contributed by atoms with Crippen LogP contribution in [0.15, 0.2) is 0 Å². The lowest BCUT2D eigenvalue weighted by Crippen LogP contribution is -2.19. The fourth-order valence-corrected chi connectivity index (χ4v) is 2.24. The Morgan fingerprint density at radius 2 is 1.92 bits per heavy atom. The summed E-state index contributed by atoms with van der Waals surface area (Å²) < 4.78 is 4.61. The SMILES string of the molecule is C[Si](C)(C)CCCCOC(N)=O.